The maximum absolute atomic E-state index is 11.2. The second-order valence-electron chi connectivity index (χ2n) is 5.44. The van der Waals surface area contributed by atoms with E-state index in [1.165, 1.54) is 0 Å². The van der Waals surface area contributed by atoms with Crippen molar-refractivity contribution in [3.63, 3.8) is 0 Å². The van der Waals surface area contributed by atoms with E-state index in [2.05, 4.69) is 10.3 Å². The molecule has 0 aliphatic carbocycles. The van der Waals surface area contributed by atoms with Gasteiger partial charge in [-0.25, -0.2) is 0 Å². The van der Waals surface area contributed by atoms with E-state index in [0.717, 1.165) is 34.5 Å². The average Bonchev–Trinajstić information content (AvgIpc) is 2.61. The van der Waals surface area contributed by atoms with Crippen LogP contribution < -0.4 is 11.1 Å². The highest BCUT2D eigenvalue weighted by Gasteiger charge is 2.14. The van der Waals surface area contributed by atoms with Crippen molar-refractivity contribution in [1.82, 2.24) is 5.32 Å². The van der Waals surface area contributed by atoms with Gasteiger partial charge in [0.05, 0.1) is 4.92 Å². The second-order valence-corrected chi connectivity index (χ2v) is 5.44. The SMILES string of the molecule is C/N=C(\NC)c1ccc(CCc2ccc(CN)cc2[N+](=O)[O-])cc1.Cl.Cl. The normalized spacial score (nSPS) is 10.5. The third-order valence-electron chi connectivity index (χ3n) is 3.95. The quantitative estimate of drug-likeness (QED) is 0.337. The minimum Gasteiger partial charge on any atom is -0.373 e. The molecule has 0 amide bonds. The molecule has 0 atom stereocenters. The van der Waals surface area contributed by atoms with Crippen LogP contribution in [0.2, 0.25) is 0 Å². The number of nitrogens with zero attached hydrogens (tertiary/aromatic N) is 2. The summed E-state index contributed by atoms with van der Waals surface area (Å²) >= 11 is 0. The molecular formula is C18H24Cl2N4O2. The highest BCUT2D eigenvalue weighted by molar-refractivity contribution is 5.98. The molecule has 0 heterocycles. The van der Waals surface area contributed by atoms with E-state index in [1.807, 2.05) is 37.4 Å². The zero-order valence-electron chi connectivity index (χ0n) is 14.8. The predicted octanol–water partition coefficient (Wildman–Crippen LogP) is 3.28. The number of nitro benzene ring substituents is 1. The van der Waals surface area contributed by atoms with Crippen LogP contribution in [0.4, 0.5) is 5.69 Å². The van der Waals surface area contributed by atoms with Gasteiger partial charge in [0.25, 0.3) is 5.69 Å². The topological polar surface area (TPSA) is 93.5 Å². The minimum absolute atomic E-state index is 0. The number of rotatable bonds is 6. The molecule has 2 aromatic carbocycles. The zero-order valence-corrected chi connectivity index (χ0v) is 16.4. The lowest BCUT2D eigenvalue weighted by molar-refractivity contribution is -0.385. The Morgan fingerprint density at radius 1 is 1.12 bits per heavy atom. The van der Waals surface area contributed by atoms with Gasteiger partial charge in [0.15, 0.2) is 0 Å². The molecule has 0 saturated heterocycles. The third-order valence-corrected chi connectivity index (χ3v) is 3.95. The van der Waals surface area contributed by atoms with Crippen molar-refractivity contribution in [2.45, 2.75) is 19.4 Å². The number of nitrogens with one attached hydrogen (secondary N) is 1. The number of nitrogens with two attached hydrogens (primary N) is 1. The molecule has 0 aliphatic heterocycles. The molecule has 2 rings (SSSR count). The van der Waals surface area contributed by atoms with Crippen LogP contribution in [0.1, 0.15) is 22.3 Å². The van der Waals surface area contributed by atoms with Gasteiger partial charge in [0.1, 0.15) is 5.84 Å². The van der Waals surface area contributed by atoms with E-state index in [9.17, 15) is 10.1 Å². The number of aliphatic imine (C=N–C) groups is 1. The van der Waals surface area contributed by atoms with Gasteiger partial charge in [0.2, 0.25) is 0 Å². The summed E-state index contributed by atoms with van der Waals surface area (Å²) in [4.78, 5) is 15.1. The molecule has 8 heteroatoms. The fourth-order valence-electron chi connectivity index (χ4n) is 2.61. The number of hydrogen-bond donors (Lipinski definition) is 2. The number of amidine groups is 1. The van der Waals surface area contributed by atoms with Crippen LogP contribution >= 0.6 is 24.8 Å². The summed E-state index contributed by atoms with van der Waals surface area (Å²) in [6, 6.07) is 13.3. The molecule has 0 unspecified atom stereocenters. The number of nitro groups is 1. The van der Waals surface area contributed by atoms with Gasteiger partial charge in [-0.2, -0.15) is 0 Å². The van der Waals surface area contributed by atoms with Crippen LogP contribution in [0.25, 0.3) is 0 Å². The Morgan fingerprint density at radius 3 is 2.23 bits per heavy atom. The average molecular weight is 399 g/mol. The molecule has 0 bridgehead atoms. The van der Waals surface area contributed by atoms with E-state index in [-0.39, 0.29) is 35.4 Å². The molecule has 3 N–H and O–H groups in total. The summed E-state index contributed by atoms with van der Waals surface area (Å²) in [6.45, 7) is 0.301. The second kappa shape index (κ2) is 11.5. The molecule has 2 aromatic rings. The summed E-state index contributed by atoms with van der Waals surface area (Å²) in [5.41, 5.74) is 9.35. The fourth-order valence-corrected chi connectivity index (χ4v) is 2.61. The first-order valence-electron chi connectivity index (χ1n) is 7.79. The predicted molar refractivity (Wildman–Crippen MR) is 111 cm³/mol. The first-order chi connectivity index (χ1) is 11.6. The Kier molecular flexibility index (Phi) is 10.5. The third kappa shape index (κ3) is 5.98. The Hall–Kier alpha value is -2.15. The Morgan fingerprint density at radius 2 is 1.73 bits per heavy atom. The number of aryl methyl sites for hydroxylation is 2. The van der Waals surface area contributed by atoms with Crippen molar-refractivity contribution in [1.29, 1.82) is 0 Å². The van der Waals surface area contributed by atoms with E-state index < -0.39 is 0 Å². The standard InChI is InChI=1S/C18H22N4O2.2ClH/c1-20-18(21-2)16-9-4-13(5-10-16)3-7-15-8-6-14(12-19)11-17(15)22(23)24;;/h4-6,8-11H,3,7,12,19H2,1-2H3,(H,20,21);2*1H. The molecule has 0 saturated carbocycles. The summed E-state index contributed by atoms with van der Waals surface area (Å²) < 4.78 is 0. The van der Waals surface area contributed by atoms with Crippen LogP contribution in [0.5, 0.6) is 0 Å². The minimum atomic E-state index is -0.339. The van der Waals surface area contributed by atoms with Crippen LogP contribution in [0.3, 0.4) is 0 Å². The molecule has 0 aliphatic rings. The van der Waals surface area contributed by atoms with E-state index in [4.69, 9.17) is 5.73 Å². The Balaban J connectivity index is 0.00000312. The lowest BCUT2D eigenvalue weighted by Crippen LogP contribution is -2.19. The molecular weight excluding hydrogens is 375 g/mol. The van der Waals surface area contributed by atoms with Crippen LogP contribution in [0, 0.1) is 10.1 Å². The van der Waals surface area contributed by atoms with Crippen LogP contribution in [0.15, 0.2) is 47.5 Å². The summed E-state index contributed by atoms with van der Waals surface area (Å²) in [7, 11) is 3.57. The molecule has 0 fully saturated rings. The first-order valence-corrected chi connectivity index (χ1v) is 7.79. The van der Waals surface area contributed by atoms with Gasteiger partial charge in [-0.1, -0.05) is 36.4 Å². The Bertz CT molecular complexity index is 749. The smallest absolute Gasteiger partial charge is 0.272 e. The molecule has 26 heavy (non-hydrogen) atoms. The van der Waals surface area contributed by atoms with Gasteiger partial charge >= 0.3 is 0 Å². The maximum Gasteiger partial charge on any atom is 0.272 e. The van der Waals surface area contributed by atoms with E-state index >= 15 is 0 Å². The highest BCUT2D eigenvalue weighted by Crippen LogP contribution is 2.22. The van der Waals surface area contributed by atoms with Gasteiger partial charge in [0, 0.05) is 37.8 Å². The van der Waals surface area contributed by atoms with Crippen LogP contribution in [-0.2, 0) is 19.4 Å². The highest BCUT2D eigenvalue weighted by atomic mass is 35.5. The van der Waals surface area contributed by atoms with Crippen molar-refractivity contribution in [3.05, 3.63) is 74.8 Å². The lowest BCUT2D eigenvalue weighted by atomic mass is 10.0. The monoisotopic (exact) mass is 398 g/mol. The summed E-state index contributed by atoms with van der Waals surface area (Å²) in [5.74, 6) is 0.828. The number of benzene rings is 2. The number of hydrogen-bond acceptors (Lipinski definition) is 4. The number of halogens is 2. The molecule has 0 spiro atoms. The molecule has 0 radical (unpaired) electrons. The summed E-state index contributed by atoms with van der Waals surface area (Å²) in [5, 5.41) is 14.3. The van der Waals surface area contributed by atoms with E-state index in [1.54, 1.807) is 19.2 Å². The van der Waals surface area contributed by atoms with Gasteiger partial charge in [-0.3, -0.25) is 15.1 Å². The van der Waals surface area contributed by atoms with Crippen molar-refractivity contribution in [3.8, 4) is 0 Å². The van der Waals surface area contributed by atoms with Crippen molar-refractivity contribution in [2.75, 3.05) is 14.1 Å². The van der Waals surface area contributed by atoms with Crippen molar-refractivity contribution < 1.29 is 4.92 Å². The zero-order chi connectivity index (χ0) is 17.5. The molecule has 142 valence electrons. The van der Waals surface area contributed by atoms with Crippen LogP contribution in [-0.4, -0.2) is 24.9 Å². The van der Waals surface area contributed by atoms with Crippen molar-refractivity contribution >= 4 is 36.3 Å². The van der Waals surface area contributed by atoms with Gasteiger partial charge in [-0.05, 0) is 24.0 Å². The molecule has 0 aromatic heterocycles. The van der Waals surface area contributed by atoms with Gasteiger partial charge < -0.3 is 11.1 Å². The van der Waals surface area contributed by atoms with Gasteiger partial charge in [-0.15, -0.1) is 24.8 Å². The largest absolute Gasteiger partial charge is 0.373 e. The first kappa shape index (κ1) is 23.9. The van der Waals surface area contributed by atoms with E-state index in [0.29, 0.717) is 13.0 Å². The fraction of sp³-hybridized carbons (Fsp3) is 0.278. The summed E-state index contributed by atoms with van der Waals surface area (Å²) in [6.07, 6.45) is 1.35. The molecule has 6 nitrogen and oxygen atoms in total. The maximum atomic E-state index is 11.2. The Labute approximate surface area is 165 Å². The lowest BCUT2D eigenvalue weighted by Gasteiger charge is -2.08. The van der Waals surface area contributed by atoms with Crippen molar-refractivity contribution in [2.24, 2.45) is 10.7 Å².